The molecular formula is C31H39N3O6S. The molecular weight excluding hydrogens is 542 g/mol. The van der Waals surface area contributed by atoms with Gasteiger partial charge >= 0.3 is 0 Å². The number of amides is 2. The third-order valence-corrected chi connectivity index (χ3v) is 8.62. The maximum atomic E-state index is 14.2. The molecule has 0 radical (unpaired) electrons. The number of anilines is 1. The van der Waals surface area contributed by atoms with Crippen molar-refractivity contribution >= 4 is 27.5 Å². The SMILES string of the molecule is CCC(C)NC(=O)C(CC)N(Cc1ccccc1)C(=O)CN(c1cc(OC)ccc1OC)S(=O)(=O)c1ccccc1. The topological polar surface area (TPSA) is 105 Å². The van der Waals surface area contributed by atoms with Crippen molar-refractivity contribution in [2.24, 2.45) is 0 Å². The van der Waals surface area contributed by atoms with E-state index in [1.165, 1.54) is 37.3 Å². The van der Waals surface area contributed by atoms with Crippen molar-refractivity contribution in [2.45, 2.75) is 57.1 Å². The standard InChI is InChI=1S/C31H39N3O6S/c1-6-23(3)32-31(36)27(7-2)33(21-24-14-10-8-11-15-24)30(35)22-34(41(37,38)26-16-12-9-13-17-26)28-20-25(39-4)18-19-29(28)40-5/h8-20,23,27H,6-7,21-22H2,1-5H3,(H,32,36). The van der Waals surface area contributed by atoms with Crippen LogP contribution in [0.2, 0.25) is 0 Å². The van der Waals surface area contributed by atoms with Crippen molar-refractivity contribution in [2.75, 3.05) is 25.1 Å². The largest absolute Gasteiger partial charge is 0.497 e. The average Bonchev–Trinajstić information content (AvgIpc) is 3.00. The van der Waals surface area contributed by atoms with Gasteiger partial charge in [0.05, 0.1) is 24.8 Å². The van der Waals surface area contributed by atoms with Gasteiger partial charge in [0.25, 0.3) is 10.0 Å². The molecule has 0 aliphatic rings. The molecule has 0 heterocycles. The van der Waals surface area contributed by atoms with Gasteiger partial charge in [-0.05, 0) is 49.6 Å². The number of benzene rings is 3. The van der Waals surface area contributed by atoms with Crippen molar-refractivity contribution < 1.29 is 27.5 Å². The van der Waals surface area contributed by atoms with Gasteiger partial charge in [-0.3, -0.25) is 13.9 Å². The Hall–Kier alpha value is -4.05. The van der Waals surface area contributed by atoms with E-state index in [1.54, 1.807) is 30.3 Å². The van der Waals surface area contributed by atoms with Crippen LogP contribution in [0.3, 0.4) is 0 Å². The lowest BCUT2D eigenvalue weighted by molar-refractivity contribution is -0.140. The monoisotopic (exact) mass is 581 g/mol. The van der Waals surface area contributed by atoms with Crippen molar-refractivity contribution in [3.8, 4) is 11.5 Å². The van der Waals surface area contributed by atoms with E-state index in [-0.39, 0.29) is 34.8 Å². The molecule has 2 unspecified atom stereocenters. The van der Waals surface area contributed by atoms with Crippen LogP contribution in [0.4, 0.5) is 5.69 Å². The Kier molecular flexibility index (Phi) is 11.2. The summed E-state index contributed by atoms with van der Waals surface area (Å²) in [6.45, 7) is 5.25. The quantitative estimate of drug-likeness (QED) is 0.298. The Labute approximate surface area is 243 Å². The van der Waals surface area contributed by atoms with E-state index in [1.807, 2.05) is 51.1 Å². The highest BCUT2D eigenvalue weighted by molar-refractivity contribution is 7.92. The van der Waals surface area contributed by atoms with Crippen LogP contribution in [0.1, 0.15) is 39.2 Å². The zero-order valence-corrected chi connectivity index (χ0v) is 25.1. The van der Waals surface area contributed by atoms with Crippen LogP contribution in [0, 0.1) is 0 Å². The van der Waals surface area contributed by atoms with Crippen molar-refractivity contribution in [1.82, 2.24) is 10.2 Å². The predicted molar refractivity (Wildman–Crippen MR) is 159 cm³/mol. The number of nitrogens with zero attached hydrogens (tertiary/aromatic N) is 2. The highest BCUT2D eigenvalue weighted by Crippen LogP contribution is 2.36. The molecule has 41 heavy (non-hydrogen) atoms. The van der Waals surface area contributed by atoms with Gasteiger partial charge in [-0.25, -0.2) is 8.42 Å². The molecule has 1 N–H and O–H groups in total. The summed E-state index contributed by atoms with van der Waals surface area (Å²) in [6.07, 6.45) is 1.07. The number of nitrogens with one attached hydrogen (secondary N) is 1. The molecule has 3 aromatic carbocycles. The molecule has 9 nitrogen and oxygen atoms in total. The Morgan fingerprint density at radius 1 is 0.878 bits per heavy atom. The van der Waals surface area contributed by atoms with E-state index in [0.29, 0.717) is 12.2 Å². The summed E-state index contributed by atoms with van der Waals surface area (Å²) in [4.78, 5) is 29.0. The van der Waals surface area contributed by atoms with Gasteiger partial charge in [-0.15, -0.1) is 0 Å². The first-order valence-electron chi connectivity index (χ1n) is 13.6. The second kappa shape index (κ2) is 14.5. The van der Waals surface area contributed by atoms with Crippen molar-refractivity contribution in [3.63, 3.8) is 0 Å². The maximum Gasteiger partial charge on any atom is 0.264 e. The zero-order chi connectivity index (χ0) is 30.0. The predicted octanol–water partition coefficient (Wildman–Crippen LogP) is 4.62. The first kappa shape index (κ1) is 31.5. The van der Waals surface area contributed by atoms with Gasteiger partial charge in [0.15, 0.2) is 0 Å². The normalized spacial score (nSPS) is 12.6. The minimum Gasteiger partial charge on any atom is -0.497 e. The van der Waals surface area contributed by atoms with Gasteiger partial charge in [-0.2, -0.15) is 0 Å². The van der Waals surface area contributed by atoms with Gasteiger partial charge in [0.2, 0.25) is 11.8 Å². The van der Waals surface area contributed by atoms with Crippen LogP contribution in [-0.4, -0.2) is 58.0 Å². The highest BCUT2D eigenvalue weighted by atomic mass is 32.2. The number of hydrogen-bond donors (Lipinski definition) is 1. The van der Waals surface area contributed by atoms with Gasteiger partial charge < -0.3 is 19.7 Å². The molecule has 2 amide bonds. The summed E-state index contributed by atoms with van der Waals surface area (Å²) in [5, 5.41) is 2.97. The third-order valence-electron chi connectivity index (χ3n) is 6.85. The second-order valence-corrected chi connectivity index (χ2v) is 11.5. The van der Waals surface area contributed by atoms with E-state index >= 15 is 0 Å². The van der Waals surface area contributed by atoms with Crippen LogP contribution in [0.15, 0.2) is 83.8 Å². The third kappa shape index (κ3) is 7.79. The van der Waals surface area contributed by atoms with Gasteiger partial charge in [0, 0.05) is 18.7 Å². The fourth-order valence-corrected chi connectivity index (χ4v) is 5.80. The lowest BCUT2D eigenvalue weighted by Gasteiger charge is -2.34. The molecule has 0 bridgehead atoms. The number of hydrogen-bond acceptors (Lipinski definition) is 6. The van der Waals surface area contributed by atoms with E-state index in [9.17, 15) is 18.0 Å². The Morgan fingerprint density at radius 2 is 1.51 bits per heavy atom. The summed E-state index contributed by atoms with van der Waals surface area (Å²) < 4.78 is 40.0. The molecule has 220 valence electrons. The van der Waals surface area contributed by atoms with E-state index < -0.39 is 28.5 Å². The molecule has 0 fully saturated rings. The first-order valence-corrected chi connectivity index (χ1v) is 15.0. The van der Waals surface area contributed by atoms with Crippen LogP contribution in [0.25, 0.3) is 0 Å². The number of carbonyl (C=O) groups is 2. The van der Waals surface area contributed by atoms with Crippen LogP contribution >= 0.6 is 0 Å². The summed E-state index contributed by atoms with van der Waals surface area (Å²) in [7, 11) is -1.35. The maximum absolute atomic E-state index is 14.2. The molecule has 0 saturated heterocycles. The van der Waals surface area contributed by atoms with Gasteiger partial charge in [0.1, 0.15) is 24.1 Å². The highest BCUT2D eigenvalue weighted by Gasteiger charge is 2.35. The smallest absolute Gasteiger partial charge is 0.264 e. The molecule has 0 saturated carbocycles. The average molecular weight is 582 g/mol. The number of sulfonamides is 1. The molecule has 0 aromatic heterocycles. The van der Waals surface area contributed by atoms with Crippen LogP contribution in [0.5, 0.6) is 11.5 Å². The van der Waals surface area contributed by atoms with E-state index in [2.05, 4.69) is 5.32 Å². The molecule has 3 rings (SSSR count). The van der Waals surface area contributed by atoms with E-state index in [4.69, 9.17) is 9.47 Å². The van der Waals surface area contributed by atoms with Crippen molar-refractivity contribution in [3.05, 3.63) is 84.4 Å². The fourth-order valence-electron chi connectivity index (χ4n) is 4.37. The lowest BCUT2D eigenvalue weighted by Crippen LogP contribution is -2.53. The summed E-state index contributed by atoms with van der Waals surface area (Å²) >= 11 is 0. The summed E-state index contributed by atoms with van der Waals surface area (Å²) in [5.74, 6) is -0.191. The fraction of sp³-hybridized carbons (Fsp3) is 0.355. The molecule has 3 aromatic rings. The molecule has 0 aliphatic heterocycles. The summed E-state index contributed by atoms with van der Waals surface area (Å²) in [6, 6.07) is 21.0. The Morgan fingerprint density at radius 3 is 2.07 bits per heavy atom. The second-order valence-electron chi connectivity index (χ2n) is 9.61. The molecule has 0 aliphatic carbocycles. The minimum absolute atomic E-state index is 0.00818. The molecule has 2 atom stereocenters. The van der Waals surface area contributed by atoms with Crippen LogP contribution < -0.4 is 19.1 Å². The Balaban J connectivity index is 2.12. The van der Waals surface area contributed by atoms with Crippen molar-refractivity contribution in [1.29, 1.82) is 0 Å². The summed E-state index contributed by atoms with van der Waals surface area (Å²) in [5.41, 5.74) is 0.952. The number of rotatable bonds is 14. The molecule has 0 spiro atoms. The zero-order valence-electron chi connectivity index (χ0n) is 24.2. The number of methoxy groups -OCH3 is 2. The van der Waals surface area contributed by atoms with Crippen LogP contribution in [-0.2, 0) is 26.2 Å². The van der Waals surface area contributed by atoms with E-state index in [0.717, 1.165) is 16.3 Å². The first-order chi connectivity index (χ1) is 19.7. The van der Waals surface area contributed by atoms with Gasteiger partial charge in [-0.1, -0.05) is 62.4 Å². The number of carbonyl (C=O) groups excluding carboxylic acids is 2. The lowest BCUT2D eigenvalue weighted by atomic mass is 10.1. The number of ether oxygens (including phenoxy) is 2. The molecule has 10 heteroatoms. The Bertz CT molecular complexity index is 1400. The minimum atomic E-state index is -4.24.